The number of hydrogen-bond donors (Lipinski definition) is 1. The van der Waals surface area contributed by atoms with Crippen molar-refractivity contribution in [3.63, 3.8) is 0 Å². The monoisotopic (exact) mass is 409 g/mol. The molecule has 0 unspecified atom stereocenters. The number of tetrazole rings is 1. The van der Waals surface area contributed by atoms with Gasteiger partial charge in [-0.1, -0.05) is 70.6 Å². The third-order valence-electron chi connectivity index (χ3n) is 4.61. The predicted molar refractivity (Wildman–Crippen MR) is 118 cm³/mol. The summed E-state index contributed by atoms with van der Waals surface area (Å²) in [6, 6.07) is 16.1. The van der Waals surface area contributed by atoms with Gasteiger partial charge in [-0.3, -0.25) is 4.79 Å². The first-order valence-corrected chi connectivity index (χ1v) is 10.6. The van der Waals surface area contributed by atoms with Gasteiger partial charge in [0, 0.05) is 5.69 Å². The molecule has 3 aromatic rings. The molecule has 2 aromatic carbocycles. The fourth-order valence-electron chi connectivity index (χ4n) is 2.81. The Morgan fingerprint density at radius 3 is 2.31 bits per heavy atom. The number of anilines is 1. The van der Waals surface area contributed by atoms with E-state index in [-0.39, 0.29) is 17.1 Å². The van der Waals surface area contributed by atoms with Crippen LogP contribution in [-0.2, 0) is 10.2 Å². The van der Waals surface area contributed by atoms with E-state index < -0.39 is 0 Å². The van der Waals surface area contributed by atoms with Crippen LogP contribution in [0.1, 0.15) is 51.7 Å². The highest BCUT2D eigenvalue weighted by atomic mass is 32.2. The van der Waals surface area contributed by atoms with Crippen LogP contribution in [-0.4, -0.2) is 31.9 Å². The average Bonchev–Trinajstić information content (AvgIpc) is 3.15. The third-order valence-corrected chi connectivity index (χ3v) is 5.53. The Morgan fingerprint density at radius 2 is 1.72 bits per heavy atom. The van der Waals surface area contributed by atoms with Crippen LogP contribution in [0, 0.1) is 0 Å². The molecule has 0 atom stereocenters. The lowest BCUT2D eigenvalue weighted by Gasteiger charge is -2.19. The molecular weight excluding hydrogens is 382 g/mol. The van der Waals surface area contributed by atoms with Crippen LogP contribution in [0.15, 0.2) is 53.7 Å². The molecule has 3 rings (SSSR count). The summed E-state index contributed by atoms with van der Waals surface area (Å²) in [4.78, 5) is 12.3. The van der Waals surface area contributed by atoms with Gasteiger partial charge in [-0.25, -0.2) is 0 Å². The minimum Gasteiger partial charge on any atom is -0.325 e. The van der Waals surface area contributed by atoms with E-state index in [0.717, 1.165) is 11.4 Å². The second-order valence-corrected chi connectivity index (χ2v) is 9.23. The van der Waals surface area contributed by atoms with Crippen LogP contribution in [0.5, 0.6) is 0 Å². The molecule has 0 fully saturated rings. The van der Waals surface area contributed by atoms with Gasteiger partial charge in [-0.2, -0.15) is 4.68 Å². The molecule has 29 heavy (non-hydrogen) atoms. The number of aromatic nitrogens is 4. The minimum atomic E-state index is -0.0942. The van der Waals surface area contributed by atoms with Crippen molar-refractivity contribution < 1.29 is 4.79 Å². The van der Waals surface area contributed by atoms with Gasteiger partial charge in [0.05, 0.1) is 11.4 Å². The summed E-state index contributed by atoms with van der Waals surface area (Å²) in [6.07, 6.45) is 0. The lowest BCUT2D eigenvalue weighted by atomic mass is 9.87. The maximum Gasteiger partial charge on any atom is 0.234 e. The Morgan fingerprint density at radius 1 is 1.07 bits per heavy atom. The van der Waals surface area contributed by atoms with E-state index in [2.05, 4.69) is 67.6 Å². The highest BCUT2D eigenvalue weighted by Gasteiger charge is 2.14. The molecule has 0 bridgehead atoms. The summed E-state index contributed by atoms with van der Waals surface area (Å²) in [6.45, 7) is 10.8. The Bertz CT molecular complexity index is 956. The Labute approximate surface area is 176 Å². The second kappa shape index (κ2) is 8.78. The number of carbonyl (C=O) groups excluding carboxylic acids is 1. The fraction of sp³-hybridized carbons (Fsp3) is 0.364. The Kier molecular flexibility index (Phi) is 6.37. The molecule has 1 N–H and O–H groups in total. The van der Waals surface area contributed by atoms with Gasteiger partial charge in [0.2, 0.25) is 11.1 Å². The summed E-state index contributed by atoms with van der Waals surface area (Å²) in [5, 5.41) is 15.4. The fourth-order valence-corrected chi connectivity index (χ4v) is 3.50. The van der Waals surface area contributed by atoms with Gasteiger partial charge in [0.1, 0.15) is 0 Å². The summed E-state index contributed by atoms with van der Waals surface area (Å²) in [5.74, 6) is 0.599. The summed E-state index contributed by atoms with van der Waals surface area (Å²) in [7, 11) is 0. The lowest BCUT2D eigenvalue weighted by Crippen LogP contribution is -2.15. The molecule has 0 aliphatic carbocycles. The van der Waals surface area contributed by atoms with Gasteiger partial charge in [0.15, 0.2) is 0 Å². The van der Waals surface area contributed by atoms with Crippen LogP contribution in [0.25, 0.3) is 5.69 Å². The number of rotatable bonds is 6. The molecule has 0 aliphatic heterocycles. The number of nitrogens with zero attached hydrogens (tertiary/aromatic N) is 4. The quantitative estimate of drug-likeness (QED) is 0.591. The zero-order valence-electron chi connectivity index (χ0n) is 17.5. The van der Waals surface area contributed by atoms with Gasteiger partial charge in [-0.15, -0.1) is 5.10 Å². The van der Waals surface area contributed by atoms with Crippen molar-refractivity contribution in [3.05, 3.63) is 59.7 Å². The van der Waals surface area contributed by atoms with Crippen molar-refractivity contribution in [1.82, 2.24) is 20.2 Å². The minimum absolute atomic E-state index is 0.0861. The van der Waals surface area contributed by atoms with E-state index in [4.69, 9.17) is 0 Å². The van der Waals surface area contributed by atoms with Crippen LogP contribution in [0.2, 0.25) is 0 Å². The molecule has 0 spiro atoms. The van der Waals surface area contributed by atoms with Crippen molar-refractivity contribution in [3.8, 4) is 5.69 Å². The molecule has 1 aromatic heterocycles. The van der Waals surface area contributed by atoms with E-state index >= 15 is 0 Å². The molecule has 0 saturated carbocycles. The normalized spacial score (nSPS) is 11.7. The highest BCUT2D eigenvalue weighted by molar-refractivity contribution is 7.99. The van der Waals surface area contributed by atoms with Gasteiger partial charge in [-0.05, 0) is 57.2 Å². The topological polar surface area (TPSA) is 72.7 Å². The molecule has 6 nitrogen and oxygen atoms in total. The van der Waals surface area contributed by atoms with Crippen LogP contribution >= 0.6 is 11.8 Å². The summed E-state index contributed by atoms with van der Waals surface area (Å²) >= 11 is 1.31. The summed E-state index contributed by atoms with van der Waals surface area (Å²) < 4.78 is 1.65. The van der Waals surface area contributed by atoms with Crippen LogP contribution < -0.4 is 5.32 Å². The van der Waals surface area contributed by atoms with E-state index in [1.165, 1.54) is 22.9 Å². The van der Waals surface area contributed by atoms with Gasteiger partial charge in [0.25, 0.3) is 0 Å². The number of hydrogen-bond acceptors (Lipinski definition) is 5. The van der Waals surface area contributed by atoms with E-state index in [1.54, 1.807) is 4.68 Å². The molecule has 0 saturated heterocycles. The number of amides is 1. The average molecular weight is 410 g/mol. The van der Waals surface area contributed by atoms with Crippen molar-refractivity contribution in [2.45, 2.75) is 51.1 Å². The van der Waals surface area contributed by atoms with Crippen molar-refractivity contribution >= 4 is 23.4 Å². The molecule has 1 amide bonds. The standard InChI is InChI=1S/C22H27N5OS/c1-15(2)16-6-12-19(13-7-16)27-21(24-25-26-27)29-14-20(28)23-18-10-8-17(9-11-18)22(3,4)5/h6-13,15H,14H2,1-5H3,(H,23,28). The van der Waals surface area contributed by atoms with Gasteiger partial charge >= 0.3 is 0 Å². The first-order valence-electron chi connectivity index (χ1n) is 9.66. The van der Waals surface area contributed by atoms with Crippen LogP contribution in [0.4, 0.5) is 5.69 Å². The van der Waals surface area contributed by atoms with Crippen molar-refractivity contribution in [1.29, 1.82) is 0 Å². The molecular formula is C22H27N5OS. The SMILES string of the molecule is CC(C)c1ccc(-n2nnnc2SCC(=O)Nc2ccc(C(C)(C)C)cc2)cc1. The second-order valence-electron chi connectivity index (χ2n) is 8.28. The predicted octanol–water partition coefficient (Wildman–Crippen LogP) is 4.81. The number of carbonyl (C=O) groups is 1. The largest absolute Gasteiger partial charge is 0.325 e. The molecule has 0 radical (unpaired) electrons. The van der Waals surface area contributed by atoms with Crippen molar-refractivity contribution in [2.75, 3.05) is 11.1 Å². The van der Waals surface area contributed by atoms with Crippen molar-refractivity contribution in [2.24, 2.45) is 0 Å². The lowest BCUT2D eigenvalue weighted by molar-refractivity contribution is -0.113. The smallest absolute Gasteiger partial charge is 0.234 e. The number of thioether (sulfide) groups is 1. The van der Waals surface area contributed by atoms with E-state index in [9.17, 15) is 4.79 Å². The zero-order valence-corrected chi connectivity index (χ0v) is 18.3. The van der Waals surface area contributed by atoms with Crippen LogP contribution in [0.3, 0.4) is 0 Å². The maximum atomic E-state index is 12.3. The van der Waals surface area contributed by atoms with E-state index in [0.29, 0.717) is 11.1 Å². The Balaban J connectivity index is 1.61. The van der Waals surface area contributed by atoms with E-state index in [1.807, 2.05) is 36.4 Å². The first kappa shape index (κ1) is 21.0. The van der Waals surface area contributed by atoms with Gasteiger partial charge < -0.3 is 5.32 Å². The molecule has 1 heterocycles. The third kappa shape index (κ3) is 5.44. The Hall–Kier alpha value is -2.67. The zero-order chi connectivity index (χ0) is 21.0. The number of nitrogens with one attached hydrogen (secondary N) is 1. The molecule has 7 heteroatoms. The molecule has 152 valence electrons. The summed E-state index contributed by atoms with van der Waals surface area (Å²) in [5.41, 5.74) is 4.23. The highest BCUT2D eigenvalue weighted by Crippen LogP contribution is 2.24. The first-order chi connectivity index (χ1) is 13.7. The number of benzene rings is 2. The maximum absolute atomic E-state index is 12.3. The molecule has 0 aliphatic rings.